The first-order valence-corrected chi connectivity index (χ1v) is 2.84. The maximum atomic E-state index is 11.9. The first-order chi connectivity index (χ1) is 5.00. The Morgan fingerprint density at radius 1 is 1.17 bits per heavy atom. The zero-order chi connectivity index (χ0) is 8.48. The summed E-state index contributed by atoms with van der Waals surface area (Å²) >= 11 is 0. The number of rotatable bonds is 0. The molecule has 12 heavy (non-hydrogen) atoms. The van der Waals surface area contributed by atoms with E-state index in [4.69, 9.17) is 5.84 Å². The molecule has 0 atom stereocenters. The molecular formula is C6H6F3IN2. The van der Waals surface area contributed by atoms with Gasteiger partial charge in [-0.25, -0.2) is 5.84 Å². The van der Waals surface area contributed by atoms with Gasteiger partial charge in [-0.05, 0) is 0 Å². The van der Waals surface area contributed by atoms with Gasteiger partial charge >= 0.3 is 6.18 Å². The second-order valence-corrected chi connectivity index (χ2v) is 2.03. The van der Waals surface area contributed by atoms with E-state index >= 15 is 0 Å². The van der Waals surface area contributed by atoms with E-state index in [2.05, 4.69) is 0 Å². The number of hydrogen-bond donors (Lipinski definition) is 1. The van der Waals surface area contributed by atoms with Crippen LogP contribution in [0.2, 0.25) is 0 Å². The number of hydrogen-bond acceptors (Lipinski definition) is 1. The second-order valence-electron chi connectivity index (χ2n) is 2.03. The van der Waals surface area contributed by atoms with E-state index in [1.807, 2.05) is 0 Å². The fourth-order valence-corrected chi connectivity index (χ4v) is 0.627. The predicted octanol–water partition coefficient (Wildman–Crippen LogP) is -2.29. The summed E-state index contributed by atoms with van der Waals surface area (Å²) in [5, 5.41) is 0. The molecule has 0 aliphatic carbocycles. The molecule has 0 fully saturated rings. The minimum absolute atomic E-state index is 0. The monoisotopic (exact) mass is 290 g/mol. The fourth-order valence-electron chi connectivity index (χ4n) is 0.627. The van der Waals surface area contributed by atoms with Crippen molar-refractivity contribution in [2.45, 2.75) is 6.18 Å². The smallest absolute Gasteiger partial charge is 0.416 e. The van der Waals surface area contributed by atoms with Gasteiger partial charge < -0.3 is 24.0 Å². The number of nitrogen functional groups attached to an aromatic ring is 1. The van der Waals surface area contributed by atoms with Gasteiger partial charge in [0.15, 0.2) is 12.4 Å². The highest BCUT2D eigenvalue weighted by molar-refractivity contribution is 5.11. The van der Waals surface area contributed by atoms with Crippen LogP contribution >= 0.6 is 0 Å². The normalized spacial score (nSPS) is 10.6. The average Bonchev–Trinajstić information content (AvgIpc) is 1.86. The molecule has 2 nitrogen and oxygen atoms in total. The topological polar surface area (TPSA) is 29.9 Å². The molecule has 6 heteroatoms. The maximum Gasteiger partial charge on any atom is 0.416 e. The Morgan fingerprint density at radius 2 is 1.58 bits per heavy atom. The molecule has 68 valence electrons. The van der Waals surface area contributed by atoms with E-state index in [9.17, 15) is 13.2 Å². The number of alkyl halides is 3. The van der Waals surface area contributed by atoms with Crippen LogP contribution in [0.15, 0.2) is 24.5 Å². The molecule has 0 aromatic carbocycles. The Bertz CT molecular complexity index is 244. The Labute approximate surface area is 84.2 Å². The SMILES string of the molecule is N[n+]1ccc(C(F)(F)F)cc1.[I-]. The molecule has 0 unspecified atom stereocenters. The summed E-state index contributed by atoms with van der Waals surface area (Å²) in [6.45, 7) is 0. The lowest BCUT2D eigenvalue weighted by Gasteiger charge is -2.02. The van der Waals surface area contributed by atoms with Gasteiger partial charge in [0.1, 0.15) is 0 Å². The van der Waals surface area contributed by atoms with Crippen LogP contribution in [-0.4, -0.2) is 0 Å². The average molecular weight is 290 g/mol. The van der Waals surface area contributed by atoms with Crippen molar-refractivity contribution in [3.8, 4) is 0 Å². The van der Waals surface area contributed by atoms with Crippen molar-refractivity contribution in [3.05, 3.63) is 30.1 Å². The summed E-state index contributed by atoms with van der Waals surface area (Å²) < 4.78 is 36.7. The van der Waals surface area contributed by atoms with Crippen LogP contribution in [0.1, 0.15) is 5.56 Å². The van der Waals surface area contributed by atoms with E-state index < -0.39 is 11.7 Å². The van der Waals surface area contributed by atoms with Gasteiger partial charge in [0.05, 0.1) is 5.56 Å². The summed E-state index contributed by atoms with van der Waals surface area (Å²) in [6.07, 6.45) is -2.00. The molecule has 0 radical (unpaired) electrons. The van der Waals surface area contributed by atoms with E-state index in [1.54, 1.807) is 0 Å². The molecule has 1 aromatic heterocycles. The maximum absolute atomic E-state index is 11.9. The largest absolute Gasteiger partial charge is 1.00 e. The van der Waals surface area contributed by atoms with E-state index in [0.717, 1.165) is 29.2 Å². The lowest BCUT2D eigenvalue weighted by atomic mass is 10.3. The van der Waals surface area contributed by atoms with Gasteiger partial charge in [-0.15, -0.1) is 0 Å². The fraction of sp³-hybridized carbons (Fsp3) is 0.167. The molecule has 0 aliphatic heterocycles. The molecule has 1 rings (SSSR count). The highest BCUT2D eigenvalue weighted by Crippen LogP contribution is 2.27. The molecule has 0 amide bonds. The predicted molar refractivity (Wildman–Crippen MR) is 31.8 cm³/mol. The van der Waals surface area contributed by atoms with Crippen LogP contribution < -0.4 is 34.5 Å². The van der Waals surface area contributed by atoms with Crippen LogP contribution in [-0.2, 0) is 6.18 Å². The van der Waals surface area contributed by atoms with Crippen molar-refractivity contribution in [1.29, 1.82) is 0 Å². The third kappa shape index (κ3) is 2.84. The third-order valence-electron chi connectivity index (χ3n) is 1.18. The van der Waals surface area contributed by atoms with Crippen LogP contribution in [0.5, 0.6) is 0 Å². The van der Waals surface area contributed by atoms with Crippen LogP contribution in [0.4, 0.5) is 13.2 Å². The van der Waals surface area contributed by atoms with Gasteiger partial charge in [-0.2, -0.15) is 13.2 Å². The van der Waals surface area contributed by atoms with Crippen molar-refractivity contribution in [1.82, 2.24) is 0 Å². The molecule has 2 N–H and O–H groups in total. The van der Waals surface area contributed by atoms with Crippen LogP contribution in [0, 0.1) is 0 Å². The molecule has 0 spiro atoms. The Balaban J connectivity index is 0.00000121. The highest BCUT2D eigenvalue weighted by Gasteiger charge is 2.30. The lowest BCUT2D eigenvalue weighted by Crippen LogP contribution is -3.00. The zero-order valence-electron chi connectivity index (χ0n) is 5.85. The summed E-state index contributed by atoms with van der Waals surface area (Å²) in [4.78, 5) is 0. The Kier molecular flexibility index (Phi) is 3.75. The molecule has 1 aromatic rings. The van der Waals surface area contributed by atoms with Crippen molar-refractivity contribution in [3.63, 3.8) is 0 Å². The van der Waals surface area contributed by atoms with Gasteiger partial charge in [0.25, 0.3) is 0 Å². The first kappa shape index (κ1) is 11.5. The number of nitrogens with zero attached hydrogens (tertiary/aromatic N) is 1. The van der Waals surface area contributed by atoms with Gasteiger partial charge in [-0.3, -0.25) is 0 Å². The molecule has 1 heterocycles. The number of aromatic nitrogens is 1. The molecule has 0 bridgehead atoms. The summed E-state index contributed by atoms with van der Waals surface area (Å²) in [5.41, 5.74) is -0.695. The molecule has 0 aliphatic rings. The molecular weight excluding hydrogens is 284 g/mol. The van der Waals surface area contributed by atoms with E-state index in [0.29, 0.717) is 0 Å². The summed E-state index contributed by atoms with van der Waals surface area (Å²) in [7, 11) is 0. The number of pyridine rings is 1. The number of nitrogens with two attached hydrogens (primary N) is 1. The minimum atomic E-state index is -4.28. The standard InChI is InChI=1S/C6H6F3N2.HI/c7-6(8,9)5-1-3-11(10)4-2-5;/h1-4H,10H2;1H/q+1;/p-1. The van der Waals surface area contributed by atoms with Crippen molar-refractivity contribution in [2.75, 3.05) is 5.84 Å². The number of halogens is 4. The van der Waals surface area contributed by atoms with Crippen molar-refractivity contribution >= 4 is 0 Å². The van der Waals surface area contributed by atoms with Gasteiger partial charge in [0.2, 0.25) is 0 Å². The lowest BCUT2D eigenvalue weighted by molar-refractivity contribution is -0.639. The summed E-state index contributed by atoms with van der Waals surface area (Å²) in [5.74, 6) is 5.12. The molecule has 0 saturated carbocycles. The van der Waals surface area contributed by atoms with E-state index in [-0.39, 0.29) is 24.0 Å². The summed E-state index contributed by atoms with van der Waals surface area (Å²) in [6, 6.07) is 1.83. The third-order valence-corrected chi connectivity index (χ3v) is 1.18. The van der Waals surface area contributed by atoms with Crippen molar-refractivity contribution < 1.29 is 41.8 Å². The van der Waals surface area contributed by atoms with Gasteiger partial charge in [-0.1, -0.05) is 4.68 Å². The highest BCUT2D eigenvalue weighted by atomic mass is 127. The van der Waals surface area contributed by atoms with Crippen LogP contribution in [0.25, 0.3) is 0 Å². The zero-order valence-corrected chi connectivity index (χ0v) is 8.00. The Morgan fingerprint density at radius 3 is 1.92 bits per heavy atom. The minimum Gasteiger partial charge on any atom is -1.00 e. The van der Waals surface area contributed by atoms with Crippen molar-refractivity contribution in [2.24, 2.45) is 0 Å². The van der Waals surface area contributed by atoms with Crippen LogP contribution in [0.3, 0.4) is 0 Å². The first-order valence-electron chi connectivity index (χ1n) is 2.84. The van der Waals surface area contributed by atoms with E-state index in [1.165, 1.54) is 0 Å². The molecule has 0 saturated heterocycles. The second kappa shape index (κ2) is 3.92. The Hall–Kier alpha value is -0.530. The van der Waals surface area contributed by atoms with Gasteiger partial charge in [0, 0.05) is 12.1 Å². The quantitative estimate of drug-likeness (QED) is 0.325.